The maximum atomic E-state index is 12.4. The van der Waals surface area contributed by atoms with E-state index in [0.29, 0.717) is 25.4 Å². The van der Waals surface area contributed by atoms with Gasteiger partial charge >= 0.3 is 0 Å². The lowest BCUT2D eigenvalue weighted by molar-refractivity contribution is -0.00298. The van der Waals surface area contributed by atoms with Crippen LogP contribution in [0.3, 0.4) is 0 Å². The van der Waals surface area contributed by atoms with Gasteiger partial charge in [0.15, 0.2) is 0 Å². The van der Waals surface area contributed by atoms with Gasteiger partial charge in [-0.25, -0.2) is 4.68 Å². The smallest absolute Gasteiger partial charge is 0.272 e. The highest BCUT2D eigenvalue weighted by Crippen LogP contribution is 2.19. The van der Waals surface area contributed by atoms with E-state index >= 15 is 0 Å². The number of nitrogens with one attached hydrogen (secondary N) is 1. The number of aryl methyl sites for hydroxylation is 1. The summed E-state index contributed by atoms with van der Waals surface area (Å²) >= 11 is 0. The summed E-state index contributed by atoms with van der Waals surface area (Å²) in [5, 5.41) is 15.9. The summed E-state index contributed by atoms with van der Waals surface area (Å²) in [6.07, 6.45) is 0.383. The Bertz CT molecular complexity index is 818. The zero-order valence-electron chi connectivity index (χ0n) is 14.4. The minimum Gasteiger partial charge on any atom is -0.488 e. The molecule has 8 heteroatoms. The highest BCUT2D eigenvalue weighted by Gasteiger charge is 2.29. The van der Waals surface area contributed by atoms with E-state index in [1.807, 2.05) is 0 Å². The van der Waals surface area contributed by atoms with Crippen molar-refractivity contribution in [1.29, 1.82) is 0 Å². The van der Waals surface area contributed by atoms with Gasteiger partial charge in [0.1, 0.15) is 17.5 Å². The number of nitrogens with zero attached hydrogens (tertiary/aromatic N) is 2. The number of hydrogen-bond acceptors (Lipinski definition) is 6. The number of aliphatic hydroxyl groups excluding tert-OH is 1. The molecular weight excluding hydrogens is 338 g/mol. The van der Waals surface area contributed by atoms with Crippen molar-refractivity contribution in [2.75, 3.05) is 13.2 Å². The van der Waals surface area contributed by atoms with Crippen molar-refractivity contribution in [2.24, 2.45) is 7.05 Å². The van der Waals surface area contributed by atoms with Crippen LogP contribution in [0.4, 0.5) is 0 Å². The number of carbonyl (C=O) groups excluding carboxylic acids is 1. The molecule has 2 heterocycles. The molecule has 0 saturated carbocycles. The van der Waals surface area contributed by atoms with Crippen LogP contribution in [0.25, 0.3) is 0 Å². The second-order valence-corrected chi connectivity index (χ2v) is 6.08. The summed E-state index contributed by atoms with van der Waals surface area (Å²) in [7, 11) is 1.49. The average molecular weight is 359 g/mol. The first-order chi connectivity index (χ1) is 12.6. The normalized spacial score (nSPS) is 19.8. The Morgan fingerprint density at radius 1 is 1.35 bits per heavy atom. The third-order valence-corrected chi connectivity index (χ3v) is 4.20. The van der Waals surface area contributed by atoms with Crippen LogP contribution in [0.5, 0.6) is 5.75 Å². The Kier molecular flexibility index (Phi) is 5.65. The molecule has 1 amide bonds. The lowest BCUT2D eigenvalue weighted by atomic mass is 10.1. The number of aromatic nitrogens is 2. The molecule has 3 rings (SSSR count). The molecule has 26 heavy (non-hydrogen) atoms. The van der Waals surface area contributed by atoms with Crippen LogP contribution in [0, 0.1) is 0 Å². The number of benzene rings is 1. The van der Waals surface area contributed by atoms with Gasteiger partial charge in [-0.3, -0.25) is 9.59 Å². The number of hydrogen-bond donors (Lipinski definition) is 2. The number of ether oxygens (including phenoxy) is 2. The molecule has 1 aromatic carbocycles. The van der Waals surface area contributed by atoms with Crippen LogP contribution in [-0.2, 0) is 18.4 Å². The second kappa shape index (κ2) is 8.11. The Balaban J connectivity index is 1.68. The van der Waals surface area contributed by atoms with Gasteiger partial charge in [0.2, 0.25) is 0 Å². The van der Waals surface area contributed by atoms with Gasteiger partial charge in [-0.15, -0.1) is 0 Å². The lowest BCUT2D eigenvalue weighted by Gasteiger charge is -2.32. The second-order valence-electron chi connectivity index (χ2n) is 6.08. The van der Waals surface area contributed by atoms with E-state index in [-0.39, 0.29) is 35.9 Å². The van der Waals surface area contributed by atoms with Gasteiger partial charge < -0.3 is 19.9 Å². The Morgan fingerprint density at radius 3 is 2.81 bits per heavy atom. The summed E-state index contributed by atoms with van der Waals surface area (Å²) < 4.78 is 12.6. The summed E-state index contributed by atoms with van der Waals surface area (Å²) in [6, 6.07) is 9.50. The van der Waals surface area contributed by atoms with Gasteiger partial charge in [0, 0.05) is 19.5 Å². The fraction of sp³-hybridized carbons (Fsp3) is 0.389. The monoisotopic (exact) mass is 359 g/mol. The zero-order chi connectivity index (χ0) is 18.5. The Morgan fingerprint density at radius 2 is 2.12 bits per heavy atom. The van der Waals surface area contributed by atoms with Crippen molar-refractivity contribution in [1.82, 2.24) is 15.1 Å². The Labute approximate surface area is 150 Å². The van der Waals surface area contributed by atoms with Crippen molar-refractivity contribution >= 4 is 5.91 Å². The maximum Gasteiger partial charge on any atom is 0.272 e. The van der Waals surface area contributed by atoms with E-state index in [1.165, 1.54) is 19.2 Å². The summed E-state index contributed by atoms with van der Waals surface area (Å²) in [5.41, 5.74) is 0.675. The molecule has 1 aromatic heterocycles. The lowest BCUT2D eigenvalue weighted by Crippen LogP contribution is -2.52. The molecule has 1 aliphatic rings. The topological polar surface area (TPSA) is 103 Å². The average Bonchev–Trinajstić information content (AvgIpc) is 2.66. The van der Waals surface area contributed by atoms with E-state index in [9.17, 15) is 9.59 Å². The molecule has 2 aromatic rings. The molecule has 1 saturated heterocycles. The van der Waals surface area contributed by atoms with E-state index in [4.69, 9.17) is 14.6 Å². The molecule has 0 radical (unpaired) electrons. The fourth-order valence-electron chi connectivity index (χ4n) is 2.71. The molecule has 0 unspecified atom stereocenters. The van der Waals surface area contributed by atoms with Crippen molar-refractivity contribution in [2.45, 2.75) is 25.2 Å². The highest BCUT2D eigenvalue weighted by molar-refractivity contribution is 5.92. The highest BCUT2D eigenvalue weighted by atomic mass is 16.5. The predicted octanol–water partition coefficient (Wildman–Crippen LogP) is 0.239. The molecule has 0 bridgehead atoms. The van der Waals surface area contributed by atoms with Crippen molar-refractivity contribution in [3.63, 3.8) is 0 Å². The first-order valence-electron chi connectivity index (χ1n) is 8.36. The maximum absolute atomic E-state index is 12.4. The molecule has 0 spiro atoms. The molecule has 0 aliphatic carbocycles. The van der Waals surface area contributed by atoms with Gasteiger partial charge in [-0.1, -0.05) is 12.1 Å². The van der Waals surface area contributed by atoms with E-state index < -0.39 is 0 Å². The summed E-state index contributed by atoms with van der Waals surface area (Å²) in [6.45, 7) is 0.851. The molecule has 138 valence electrons. The van der Waals surface area contributed by atoms with E-state index in [1.54, 1.807) is 24.3 Å². The van der Waals surface area contributed by atoms with E-state index in [0.717, 1.165) is 10.2 Å². The van der Waals surface area contributed by atoms with Gasteiger partial charge in [-0.05, 0) is 23.8 Å². The van der Waals surface area contributed by atoms with Crippen LogP contribution in [0.2, 0.25) is 0 Å². The minimum absolute atomic E-state index is 0.0250. The number of carbonyl (C=O) groups is 1. The third kappa shape index (κ3) is 4.27. The summed E-state index contributed by atoms with van der Waals surface area (Å²) in [5.74, 6) is 0.272. The molecule has 2 atom stereocenters. The van der Waals surface area contributed by atoms with Crippen LogP contribution < -0.4 is 15.6 Å². The molecule has 2 N–H and O–H groups in total. The standard InChI is InChI=1S/C18H21N3O5/c1-21-17(23)7-6-14(20-21)18(24)19-15-11-25-9-8-16(15)26-13-4-2-12(10-22)3-5-13/h2-7,15-16,22H,8-11H2,1H3,(H,19,24)/t15-,16-/m1/s1. The number of rotatable bonds is 5. The van der Waals surface area contributed by atoms with Crippen LogP contribution in [-0.4, -0.2) is 46.2 Å². The van der Waals surface area contributed by atoms with Crippen molar-refractivity contribution < 1.29 is 19.4 Å². The van der Waals surface area contributed by atoms with Crippen molar-refractivity contribution in [3.8, 4) is 5.75 Å². The largest absolute Gasteiger partial charge is 0.488 e. The van der Waals surface area contributed by atoms with E-state index in [2.05, 4.69) is 10.4 Å². The molecular formula is C18H21N3O5. The third-order valence-electron chi connectivity index (χ3n) is 4.20. The first kappa shape index (κ1) is 18.1. The number of aliphatic hydroxyl groups is 1. The zero-order valence-corrected chi connectivity index (χ0v) is 14.4. The van der Waals surface area contributed by atoms with Crippen LogP contribution in [0.15, 0.2) is 41.2 Å². The number of amides is 1. The van der Waals surface area contributed by atoms with Crippen LogP contribution in [0.1, 0.15) is 22.5 Å². The minimum atomic E-state index is -0.389. The quantitative estimate of drug-likeness (QED) is 0.793. The van der Waals surface area contributed by atoms with Gasteiger partial charge in [-0.2, -0.15) is 5.10 Å². The summed E-state index contributed by atoms with van der Waals surface area (Å²) in [4.78, 5) is 23.8. The first-order valence-corrected chi connectivity index (χ1v) is 8.36. The molecule has 1 fully saturated rings. The Hall–Kier alpha value is -2.71. The SMILES string of the molecule is Cn1nc(C(=O)N[C@@H]2COCC[C@H]2Oc2ccc(CO)cc2)ccc1=O. The predicted molar refractivity (Wildman–Crippen MR) is 92.9 cm³/mol. The van der Waals surface area contributed by atoms with Gasteiger partial charge in [0.25, 0.3) is 11.5 Å². The van der Waals surface area contributed by atoms with Crippen LogP contribution >= 0.6 is 0 Å². The molecule has 1 aliphatic heterocycles. The van der Waals surface area contributed by atoms with Gasteiger partial charge in [0.05, 0.1) is 25.9 Å². The van der Waals surface area contributed by atoms with Crippen molar-refractivity contribution in [3.05, 3.63) is 58.0 Å². The fourth-order valence-corrected chi connectivity index (χ4v) is 2.71. The molecule has 8 nitrogen and oxygen atoms in total.